The second-order valence-electron chi connectivity index (χ2n) is 8.32. The van der Waals surface area contributed by atoms with E-state index in [1.807, 2.05) is 12.1 Å². The first kappa shape index (κ1) is 18.7. The van der Waals surface area contributed by atoms with Gasteiger partial charge in [-0.05, 0) is 29.7 Å². The number of imide groups is 1. The highest BCUT2D eigenvalue weighted by Gasteiger charge is 2.40. The molecule has 9 heteroatoms. The lowest BCUT2D eigenvalue weighted by atomic mass is 10.0. The molecule has 0 radical (unpaired) electrons. The lowest BCUT2D eigenvalue weighted by molar-refractivity contribution is -0.143. The molecule has 0 aromatic heterocycles. The van der Waals surface area contributed by atoms with Crippen LogP contribution in [-0.4, -0.2) is 59.2 Å². The Hall–Kier alpha value is -3.72. The van der Waals surface area contributed by atoms with E-state index in [4.69, 9.17) is 13.6 Å². The predicted octanol–water partition coefficient (Wildman–Crippen LogP) is 1.39. The van der Waals surface area contributed by atoms with E-state index in [0.29, 0.717) is 16.9 Å². The number of morpholine rings is 1. The molecule has 2 atom stereocenters. The number of carbonyl (C=O) groups is 4. The Bertz CT molecular complexity index is 1270. The first-order valence-corrected chi connectivity index (χ1v) is 11.0. The lowest BCUT2D eigenvalue weighted by Crippen LogP contribution is -2.52. The third-order valence-corrected chi connectivity index (χ3v) is 6.11. The first-order valence-electron chi connectivity index (χ1n) is 12.6. The number of fused-ring (bicyclic) bond motifs is 1. The number of benzene rings is 2. The molecule has 2 fully saturated rings. The molecular formula is C25H25N3O6. The van der Waals surface area contributed by atoms with E-state index >= 15 is 0 Å². The fourth-order valence-electron chi connectivity index (χ4n) is 4.30. The van der Waals surface area contributed by atoms with Gasteiger partial charge in [0, 0.05) is 30.6 Å². The van der Waals surface area contributed by atoms with E-state index in [0.717, 1.165) is 16.0 Å². The molecule has 0 spiro atoms. The summed E-state index contributed by atoms with van der Waals surface area (Å²) in [6.07, 6.45) is 0.472. The maximum Gasteiger partial charge on any atom is 0.255 e. The van der Waals surface area contributed by atoms with E-state index in [1.54, 1.807) is 30.3 Å². The molecule has 4 amide bonds. The highest BCUT2D eigenvalue weighted by molar-refractivity contribution is 6.05. The smallest absolute Gasteiger partial charge is 0.255 e. The fourth-order valence-corrected chi connectivity index (χ4v) is 4.30. The van der Waals surface area contributed by atoms with Gasteiger partial charge in [-0.3, -0.25) is 24.5 Å². The summed E-state index contributed by atoms with van der Waals surface area (Å²) in [4.78, 5) is 51.6. The van der Waals surface area contributed by atoms with Crippen molar-refractivity contribution in [3.8, 4) is 5.75 Å². The highest BCUT2D eigenvalue weighted by atomic mass is 16.5. The molecule has 0 aliphatic carbocycles. The number of nitrogens with zero attached hydrogens (tertiary/aromatic N) is 2. The second kappa shape index (κ2) is 9.26. The fraction of sp³-hybridized carbons (Fsp3) is 0.360. The molecule has 2 unspecified atom stereocenters. The SMILES string of the molecule is [2H]C1COC([2H])([2H])C(=O)N1Cc1ccc(COc2cccc3c2CN(C2CCC(=O)NC2=O)C3=O)cc1. The van der Waals surface area contributed by atoms with Crippen LogP contribution in [0.3, 0.4) is 0 Å². The van der Waals surface area contributed by atoms with Crippen molar-refractivity contribution < 1.29 is 32.8 Å². The highest BCUT2D eigenvalue weighted by Crippen LogP contribution is 2.34. The van der Waals surface area contributed by atoms with Crippen LogP contribution in [0.15, 0.2) is 42.5 Å². The molecule has 3 aliphatic heterocycles. The minimum absolute atomic E-state index is 0.0848. The predicted molar refractivity (Wildman–Crippen MR) is 119 cm³/mol. The molecule has 0 bridgehead atoms. The van der Waals surface area contributed by atoms with Crippen LogP contribution in [0.4, 0.5) is 0 Å². The van der Waals surface area contributed by atoms with Gasteiger partial charge in [0.1, 0.15) is 25.0 Å². The summed E-state index contributed by atoms with van der Waals surface area (Å²) in [5.74, 6) is -1.41. The van der Waals surface area contributed by atoms with Crippen LogP contribution in [0.5, 0.6) is 5.75 Å². The summed E-state index contributed by atoms with van der Waals surface area (Å²) in [5, 5.41) is 2.29. The molecule has 1 N–H and O–H groups in total. The van der Waals surface area contributed by atoms with Gasteiger partial charge < -0.3 is 19.3 Å². The van der Waals surface area contributed by atoms with Gasteiger partial charge in [0.15, 0.2) is 0 Å². The van der Waals surface area contributed by atoms with Crippen LogP contribution in [0, 0.1) is 0 Å². The van der Waals surface area contributed by atoms with Crippen molar-refractivity contribution in [2.24, 2.45) is 0 Å². The normalized spacial score (nSPS) is 25.4. The van der Waals surface area contributed by atoms with Crippen molar-refractivity contribution in [3.05, 3.63) is 64.7 Å². The number of piperidine rings is 1. The van der Waals surface area contributed by atoms with E-state index in [-0.39, 0.29) is 51.0 Å². The molecule has 34 heavy (non-hydrogen) atoms. The van der Waals surface area contributed by atoms with Gasteiger partial charge >= 0.3 is 0 Å². The topological polar surface area (TPSA) is 105 Å². The zero-order chi connectivity index (χ0) is 26.3. The monoisotopic (exact) mass is 466 g/mol. The third kappa shape index (κ3) is 4.38. The Morgan fingerprint density at radius 3 is 2.68 bits per heavy atom. The van der Waals surface area contributed by atoms with Crippen LogP contribution in [0.1, 0.15) is 44.0 Å². The van der Waals surface area contributed by atoms with Gasteiger partial charge in [0.2, 0.25) is 17.7 Å². The summed E-state index contributed by atoms with van der Waals surface area (Å²) >= 11 is 0. The van der Waals surface area contributed by atoms with Gasteiger partial charge in [0.25, 0.3) is 5.91 Å². The van der Waals surface area contributed by atoms with E-state index in [9.17, 15) is 19.2 Å². The van der Waals surface area contributed by atoms with Crippen molar-refractivity contribution >= 4 is 23.6 Å². The second-order valence-corrected chi connectivity index (χ2v) is 8.32. The molecule has 2 saturated heterocycles. The number of ether oxygens (including phenoxy) is 2. The van der Waals surface area contributed by atoms with Crippen LogP contribution in [0.2, 0.25) is 0 Å². The van der Waals surface area contributed by atoms with Crippen molar-refractivity contribution in [2.75, 3.05) is 19.7 Å². The van der Waals surface area contributed by atoms with Gasteiger partial charge in [0.05, 0.1) is 17.3 Å². The van der Waals surface area contributed by atoms with Crippen molar-refractivity contribution in [1.29, 1.82) is 0 Å². The number of nitrogens with one attached hydrogen (secondary N) is 1. The summed E-state index contributed by atoms with van der Waals surface area (Å²) in [6, 6.07) is 11.7. The molecule has 176 valence electrons. The molecule has 2 aromatic carbocycles. The Labute approximate surface area is 200 Å². The Kier molecular flexibility index (Phi) is 5.09. The maximum atomic E-state index is 13.0. The van der Waals surface area contributed by atoms with E-state index in [1.165, 1.54) is 4.90 Å². The van der Waals surface area contributed by atoms with Gasteiger partial charge in [-0.15, -0.1) is 0 Å². The van der Waals surface area contributed by atoms with E-state index in [2.05, 4.69) is 5.32 Å². The number of amides is 4. The largest absolute Gasteiger partial charge is 0.489 e. The molecule has 9 nitrogen and oxygen atoms in total. The molecular weight excluding hydrogens is 438 g/mol. The zero-order valence-corrected chi connectivity index (χ0v) is 18.3. The van der Waals surface area contributed by atoms with Crippen molar-refractivity contribution in [2.45, 2.75) is 38.6 Å². The van der Waals surface area contributed by atoms with Gasteiger partial charge in [-0.25, -0.2) is 0 Å². The number of carbonyl (C=O) groups excluding carboxylic acids is 4. The number of hydrogen-bond donors (Lipinski definition) is 1. The molecule has 3 heterocycles. The standard InChI is InChI=1S/C25H25N3O6/c29-22-9-8-20(24(31)26-22)28-13-19-18(25(28)32)2-1-3-21(19)34-14-17-6-4-16(5-7-17)12-27-10-11-33-15-23(27)30/h1-7,20H,8-15H2,(H,26,29,31)/i10D,15D2. The molecule has 3 aliphatic rings. The minimum atomic E-state index is -2.43. The number of rotatable bonds is 6. The Balaban J connectivity index is 1.23. The van der Waals surface area contributed by atoms with Crippen LogP contribution < -0.4 is 10.1 Å². The average molecular weight is 467 g/mol. The maximum absolute atomic E-state index is 13.0. The third-order valence-electron chi connectivity index (χ3n) is 6.11. The summed E-state index contributed by atoms with van der Waals surface area (Å²) in [6.45, 7) is -3.11. The van der Waals surface area contributed by atoms with E-state index < -0.39 is 30.9 Å². The Morgan fingerprint density at radius 1 is 1.09 bits per heavy atom. The van der Waals surface area contributed by atoms with Crippen molar-refractivity contribution in [1.82, 2.24) is 15.1 Å². The van der Waals surface area contributed by atoms with Crippen LogP contribution in [-0.2, 0) is 38.8 Å². The first-order chi connectivity index (χ1) is 17.6. The molecule has 0 saturated carbocycles. The Morgan fingerprint density at radius 2 is 1.88 bits per heavy atom. The minimum Gasteiger partial charge on any atom is -0.489 e. The van der Waals surface area contributed by atoms with Crippen LogP contribution in [0.25, 0.3) is 0 Å². The summed E-state index contributed by atoms with van der Waals surface area (Å²) in [5.41, 5.74) is 2.73. The average Bonchev–Trinajstić information content (AvgIpc) is 3.21. The van der Waals surface area contributed by atoms with Crippen LogP contribution >= 0.6 is 0 Å². The quantitative estimate of drug-likeness (QED) is 0.645. The zero-order valence-electron chi connectivity index (χ0n) is 21.3. The summed E-state index contributed by atoms with van der Waals surface area (Å²) < 4.78 is 34.1. The van der Waals surface area contributed by atoms with Crippen molar-refractivity contribution in [3.63, 3.8) is 0 Å². The van der Waals surface area contributed by atoms with Gasteiger partial charge in [-0.2, -0.15) is 0 Å². The van der Waals surface area contributed by atoms with Gasteiger partial charge in [-0.1, -0.05) is 30.3 Å². The molecule has 2 aromatic rings. The number of hydrogen-bond acceptors (Lipinski definition) is 6. The molecule has 5 rings (SSSR count). The summed E-state index contributed by atoms with van der Waals surface area (Å²) in [7, 11) is 0. The lowest BCUT2D eigenvalue weighted by Gasteiger charge is -2.29.